The first-order valence-corrected chi connectivity index (χ1v) is 11.0. The summed E-state index contributed by atoms with van der Waals surface area (Å²) in [6.07, 6.45) is 1.60. The molecule has 3 heterocycles. The molecule has 4 rings (SSSR count). The number of hydrogen-bond donors (Lipinski definition) is 1. The fourth-order valence-electron chi connectivity index (χ4n) is 3.66. The van der Waals surface area contributed by atoms with E-state index in [1.165, 1.54) is 4.90 Å². The molecule has 2 aliphatic rings. The summed E-state index contributed by atoms with van der Waals surface area (Å²) in [7, 11) is 0. The number of amides is 2. The quantitative estimate of drug-likeness (QED) is 0.769. The molecular weight excluding hydrogens is 402 g/mol. The molecule has 1 aromatic heterocycles. The van der Waals surface area contributed by atoms with E-state index in [-0.39, 0.29) is 18.4 Å². The molecule has 0 aliphatic carbocycles. The minimum Gasteiger partial charge on any atom is -0.379 e. The first kappa shape index (κ1) is 20.6. The van der Waals surface area contributed by atoms with Crippen molar-refractivity contribution in [3.8, 4) is 6.07 Å². The van der Waals surface area contributed by atoms with Crippen molar-refractivity contribution in [2.45, 2.75) is 12.6 Å². The number of thioether (sulfide) groups is 1. The SMILES string of the molecule is N#C[C@@H]1CSCN1C(=O)CNC(=O)c1ccnc2ccc(CN3CCOCC3)cc12. The predicted molar refractivity (Wildman–Crippen MR) is 114 cm³/mol. The highest BCUT2D eigenvalue weighted by Crippen LogP contribution is 2.21. The van der Waals surface area contributed by atoms with Crippen LogP contribution in [0.15, 0.2) is 30.5 Å². The van der Waals surface area contributed by atoms with Crippen LogP contribution >= 0.6 is 11.8 Å². The third-order valence-electron chi connectivity index (χ3n) is 5.31. The van der Waals surface area contributed by atoms with E-state index < -0.39 is 6.04 Å². The van der Waals surface area contributed by atoms with Gasteiger partial charge in [0.05, 0.1) is 42.8 Å². The molecule has 1 atom stereocenters. The molecule has 2 saturated heterocycles. The smallest absolute Gasteiger partial charge is 0.252 e. The van der Waals surface area contributed by atoms with E-state index >= 15 is 0 Å². The molecule has 0 bridgehead atoms. The van der Waals surface area contributed by atoms with Gasteiger partial charge in [-0.15, -0.1) is 11.8 Å². The summed E-state index contributed by atoms with van der Waals surface area (Å²) in [5.41, 5.74) is 2.33. The number of hydrogen-bond acceptors (Lipinski definition) is 7. The molecule has 2 amide bonds. The molecule has 9 heteroatoms. The number of benzene rings is 1. The number of rotatable bonds is 5. The van der Waals surface area contributed by atoms with Gasteiger partial charge in [-0.3, -0.25) is 19.5 Å². The highest BCUT2D eigenvalue weighted by Gasteiger charge is 2.29. The van der Waals surface area contributed by atoms with E-state index in [0.29, 0.717) is 17.2 Å². The van der Waals surface area contributed by atoms with Crippen LogP contribution in [0.3, 0.4) is 0 Å². The van der Waals surface area contributed by atoms with Crippen molar-refractivity contribution in [1.82, 2.24) is 20.1 Å². The number of nitrogens with zero attached hydrogens (tertiary/aromatic N) is 4. The van der Waals surface area contributed by atoms with Gasteiger partial charge >= 0.3 is 0 Å². The molecule has 0 radical (unpaired) electrons. The summed E-state index contributed by atoms with van der Waals surface area (Å²) in [4.78, 5) is 33.4. The van der Waals surface area contributed by atoms with Crippen molar-refractivity contribution in [3.63, 3.8) is 0 Å². The Morgan fingerprint density at radius 1 is 1.30 bits per heavy atom. The maximum atomic E-state index is 12.8. The fourth-order valence-corrected chi connectivity index (χ4v) is 4.76. The van der Waals surface area contributed by atoms with Crippen molar-refractivity contribution >= 4 is 34.5 Å². The van der Waals surface area contributed by atoms with Gasteiger partial charge in [0, 0.05) is 37.0 Å². The molecule has 2 aliphatic heterocycles. The zero-order valence-corrected chi connectivity index (χ0v) is 17.4. The number of carbonyl (C=O) groups excluding carboxylic acids is 2. The molecule has 0 saturated carbocycles. The lowest BCUT2D eigenvalue weighted by molar-refractivity contribution is -0.129. The monoisotopic (exact) mass is 425 g/mol. The Labute approximate surface area is 179 Å². The first-order chi connectivity index (χ1) is 14.7. The number of nitrogens with one attached hydrogen (secondary N) is 1. The molecular formula is C21H23N5O3S. The zero-order valence-electron chi connectivity index (χ0n) is 16.5. The van der Waals surface area contributed by atoms with Crippen LogP contribution in [0.4, 0.5) is 0 Å². The van der Waals surface area contributed by atoms with E-state index in [1.54, 1.807) is 24.0 Å². The Kier molecular flexibility index (Phi) is 6.47. The van der Waals surface area contributed by atoms with Gasteiger partial charge < -0.3 is 15.0 Å². The zero-order chi connectivity index (χ0) is 20.9. The van der Waals surface area contributed by atoms with E-state index in [9.17, 15) is 9.59 Å². The summed E-state index contributed by atoms with van der Waals surface area (Å²) >= 11 is 1.54. The summed E-state index contributed by atoms with van der Waals surface area (Å²) in [5, 5.41) is 12.6. The third kappa shape index (κ3) is 4.56. The number of pyridine rings is 1. The number of morpholine rings is 1. The molecule has 1 N–H and O–H groups in total. The number of ether oxygens (including phenoxy) is 1. The maximum Gasteiger partial charge on any atom is 0.252 e. The fraction of sp³-hybridized carbons (Fsp3) is 0.429. The maximum absolute atomic E-state index is 12.8. The van der Waals surface area contributed by atoms with E-state index in [0.717, 1.165) is 49.3 Å². The Balaban J connectivity index is 1.47. The van der Waals surface area contributed by atoms with Crippen molar-refractivity contribution in [1.29, 1.82) is 5.26 Å². The van der Waals surface area contributed by atoms with Crippen LogP contribution in [-0.2, 0) is 16.1 Å². The van der Waals surface area contributed by atoms with E-state index in [2.05, 4.69) is 21.3 Å². The number of fused-ring (bicyclic) bond motifs is 1. The van der Waals surface area contributed by atoms with Gasteiger partial charge in [0.1, 0.15) is 6.04 Å². The van der Waals surface area contributed by atoms with E-state index in [1.807, 2.05) is 18.2 Å². The molecule has 0 spiro atoms. The lowest BCUT2D eigenvalue weighted by Crippen LogP contribution is -2.42. The van der Waals surface area contributed by atoms with Crippen LogP contribution in [0.25, 0.3) is 10.9 Å². The standard InChI is InChI=1S/C21H23N5O3S/c22-10-16-13-30-14-26(16)20(27)11-24-21(28)17-3-4-23-19-2-1-15(9-18(17)19)12-25-5-7-29-8-6-25/h1-4,9,16H,5-8,11-14H2,(H,24,28)/t16-/m1/s1. The number of aromatic nitrogens is 1. The minimum absolute atomic E-state index is 0.130. The summed E-state index contributed by atoms with van der Waals surface area (Å²) in [6, 6.07) is 9.32. The molecule has 1 aromatic carbocycles. The van der Waals surface area contributed by atoms with Gasteiger partial charge in [0.2, 0.25) is 5.91 Å². The summed E-state index contributed by atoms with van der Waals surface area (Å²) in [6.45, 7) is 3.90. The van der Waals surface area contributed by atoms with Gasteiger partial charge in [0.15, 0.2) is 0 Å². The molecule has 156 valence electrons. The Morgan fingerprint density at radius 2 is 2.13 bits per heavy atom. The normalized spacial score (nSPS) is 19.6. The topological polar surface area (TPSA) is 98.6 Å². The second-order valence-corrected chi connectivity index (χ2v) is 8.29. The molecule has 2 aromatic rings. The van der Waals surface area contributed by atoms with Crippen LogP contribution in [0, 0.1) is 11.3 Å². The van der Waals surface area contributed by atoms with Crippen molar-refractivity contribution < 1.29 is 14.3 Å². The van der Waals surface area contributed by atoms with Crippen LogP contribution in [-0.4, -0.2) is 77.1 Å². The lowest BCUT2D eigenvalue weighted by Gasteiger charge is -2.26. The number of nitriles is 1. The average molecular weight is 426 g/mol. The third-order valence-corrected chi connectivity index (χ3v) is 6.32. The number of carbonyl (C=O) groups is 2. The van der Waals surface area contributed by atoms with E-state index in [4.69, 9.17) is 10.00 Å². The van der Waals surface area contributed by atoms with Gasteiger partial charge in [-0.25, -0.2) is 0 Å². The minimum atomic E-state index is -0.427. The van der Waals surface area contributed by atoms with Gasteiger partial charge in [-0.2, -0.15) is 5.26 Å². The Hall–Kier alpha value is -2.67. The predicted octanol–water partition coefficient (Wildman–Crippen LogP) is 1.22. The van der Waals surface area contributed by atoms with Gasteiger partial charge in [-0.05, 0) is 23.8 Å². The second-order valence-electron chi connectivity index (χ2n) is 7.29. The second kappa shape index (κ2) is 9.43. The average Bonchev–Trinajstić information content (AvgIpc) is 3.26. The summed E-state index contributed by atoms with van der Waals surface area (Å²) < 4.78 is 5.40. The Morgan fingerprint density at radius 3 is 2.93 bits per heavy atom. The molecule has 8 nitrogen and oxygen atoms in total. The van der Waals surface area contributed by atoms with Gasteiger partial charge in [0.25, 0.3) is 5.91 Å². The van der Waals surface area contributed by atoms with Crippen LogP contribution in [0.5, 0.6) is 0 Å². The van der Waals surface area contributed by atoms with Crippen molar-refractivity contribution in [2.24, 2.45) is 0 Å². The van der Waals surface area contributed by atoms with Crippen LogP contribution in [0.2, 0.25) is 0 Å². The van der Waals surface area contributed by atoms with Crippen molar-refractivity contribution in [2.75, 3.05) is 44.5 Å². The Bertz CT molecular complexity index is 986. The lowest BCUT2D eigenvalue weighted by atomic mass is 10.0. The van der Waals surface area contributed by atoms with Crippen LogP contribution < -0.4 is 5.32 Å². The highest BCUT2D eigenvalue weighted by molar-refractivity contribution is 7.99. The molecule has 30 heavy (non-hydrogen) atoms. The largest absolute Gasteiger partial charge is 0.379 e. The first-order valence-electron chi connectivity index (χ1n) is 9.88. The molecule has 2 fully saturated rings. The molecule has 0 unspecified atom stereocenters. The van der Waals surface area contributed by atoms with Crippen LogP contribution in [0.1, 0.15) is 15.9 Å². The van der Waals surface area contributed by atoms with Crippen molar-refractivity contribution in [3.05, 3.63) is 41.6 Å². The highest BCUT2D eigenvalue weighted by atomic mass is 32.2. The van der Waals surface area contributed by atoms with Gasteiger partial charge in [-0.1, -0.05) is 6.07 Å². The summed E-state index contributed by atoms with van der Waals surface area (Å²) in [5.74, 6) is 0.526.